The Bertz CT molecular complexity index is 1040. The molecule has 4 nitrogen and oxygen atoms in total. The molecule has 0 amide bonds. The molecule has 4 aromatic rings. The Morgan fingerprint density at radius 3 is 2.76 bits per heavy atom. The first-order valence-electron chi connectivity index (χ1n) is 7.90. The number of imidazole rings is 1. The number of benzene rings is 2. The van der Waals surface area contributed by atoms with Crippen molar-refractivity contribution < 1.29 is 4.74 Å². The Balaban J connectivity index is 1.67. The van der Waals surface area contributed by atoms with Crippen LogP contribution in [0, 0.1) is 0 Å². The molecule has 0 aliphatic carbocycles. The second-order valence-corrected chi connectivity index (χ2v) is 6.14. The first-order valence-corrected chi connectivity index (χ1v) is 8.28. The highest BCUT2D eigenvalue weighted by molar-refractivity contribution is 6.31. The molecule has 2 aromatic heterocycles. The highest BCUT2D eigenvalue weighted by atomic mass is 35.5. The van der Waals surface area contributed by atoms with Crippen LogP contribution in [0.5, 0.6) is 5.75 Å². The Morgan fingerprint density at radius 1 is 1.04 bits per heavy atom. The van der Waals surface area contributed by atoms with Crippen molar-refractivity contribution in [2.75, 3.05) is 5.73 Å². The number of aromatic nitrogens is 2. The highest BCUT2D eigenvalue weighted by Crippen LogP contribution is 2.26. The van der Waals surface area contributed by atoms with Gasteiger partial charge >= 0.3 is 0 Å². The number of halogens is 1. The van der Waals surface area contributed by atoms with E-state index in [0.29, 0.717) is 23.1 Å². The maximum atomic E-state index is 6.20. The fourth-order valence-corrected chi connectivity index (χ4v) is 2.90. The summed E-state index contributed by atoms with van der Waals surface area (Å²) in [6.45, 7) is 0.389. The highest BCUT2D eigenvalue weighted by Gasteiger charge is 2.10. The molecule has 0 aliphatic rings. The molecular formula is C20H16ClN3O. The molecule has 5 heteroatoms. The van der Waals surface area contributed by atoms with Crippen molar-refractivity contribution in [2.45, 2.75) is 6.61 Å². The van der Waals surface area contributed by atoms with E-state index in [1.165, 1.54) is 0 Å². The summed E-state index contributed by atoms with van der Waals surface area (Å²) in [4.78, 5) is 4.71. The van der Waals surface area contributed by atoms with E-state index in [0.717, 1.165) is 22.5 Å². The fourth-order valence-electron chi connectivity index (χ4n) is 2.71. The minimum atomic E-state index is 0.389. The van der Waals surface area contributed by atoms with Gasteiger partial charge in [-0.3, -0.25) is 0 Å². The maximum Gasteiger partial charge on any atom is 0.180 e. The van der Waals surface area contributed by atoms with E-state index >= 15 is 0 Å². The normalized spacial score (nSPS) is 10.9. The molecule has 4 rings (SSSR count). The van der Waals surface area contributed by atoms with Crippen LogP contribution in [0.1, 0.15) is 5.56 Å². The molecule has 0 fully saturated rings. The van der Waals surface area contributed by atoms with Gasteiger partial charge in [0.25, 0.3) is 0 Å². The number of rotatable bonds is 4. The van der Waals surface area contributed by atoms with Gasteiger partial charge in [0.05, 0.1) is 5.69 Å². The van der Waals surface area contributed by atoms with Gasteiger partial charge in [0.1, 0.15) is 6.61 Å². The molecule has 0 atom stereocenters. The molecule has 0 bridgehead atoms. The van der Waals surface area contributed by atoms with Gasteiger partial charge in [-0.05, 0) is 30.3 Å². The Labute approximate surface area is 150 Å². The third-order valence-electron chi connectivity index (χ3n) is 3.97. The number of anilines is 1. The molecular weight excluding hydrogens is 334 g/mol. The van der Waals surface area contributed by atoms with Gasteiger partial charge in [-0.2, -0.15) is 0 Å². The smallest absolute Gasteiger partial charge is 0.180 e. The second kappa shape index (κ2) is 6.49. The third-order valence-corrected chi connectivity index (χ3v) is 4.34. The predicted octanol–water partition coefficient (Wildman–Crippen LogP) is 4.82. The molecule has 0 spiro atoms. The van der Waals surface area contributed by atoms with Crippen molar-refractivity contribution >= 4 is 22.9 Å². The minimum absolute atomic E-state index is 0.389. The molecule has 0 aliphatic heterocycles. The van der Waals surface area contributed by atoms with Crippen LogP contribution in [0.2, 0.25) is 5.02 Å². The van der Waals surface area contributed by atoms with E-state index in [9.17, 15) is 0 Å². The number of nitrogen functional groups attached to an aromatic ring is 1. The van der Waals surface area contributed by atoms with Gasteiger partial charge in [0.15, 0.2) is 11.4 Å². The summed E-state index contributed by atoms with van der Waals surface area (Å²) in [7, 11) is 0. The van der Waals surface area contributed by atoms with Crippen LogP contribution >= 0.6 is 11.6 Å². The summed E-state index contributed by atoms with van der Waals surface area (Å²) in [6.07, 6.45) is 3.91. The molecule has 2 aromatic carbocycles. The molecule has 0 saturated carbocycles. The van der Waals surface area contributed by atoms with Crippen LogP contribution in [0.4, 0.5) is 5.69 Å². The predicted molar refractivity (Wildman–Crippen MR) is 101 cm³/mol. The topological polar surface area (TPSA) is 52.5 Å². The first kappa shape index (κ1) is 15.5. The molecule has 2 heterocycles. The van der Waals surface area contributed by atoms with Gasteiger partial charge in [-0.25, -0.2) is 4.98 Å². The summed E-state index contributed by atoms with van der Waals surface area (Å²) >= 11 is 6.20. The van der Waals surface area contributed by atoms with Gasteiger partial charge in [-0.15, -0.1) is 0 Å². The zero-order valence-corrected chi connectivity index (χ0v) is 14.1. The average Bonchev–Trinajstić information content (AvgIpc) is 3.06. The zero-order chi connectivity index (χ0) is 17.2. The largest absolute Gasteiger partial charge is 0.485 e. The van der Waals surface area contributed by atoms with Gasteiger partial charge in [-0.1, -0.05) is 41.9 Å². The number of pyridine rings is 1. The summed E-state index contributed by atoms with van der Waals surface area (Å²) in [5, 5.41) is 0.693. The number of fused-ring (bicyclic) bond motifs is 1. The summed E-state index contributed by atoms with van der Waals surface area (Å²) in [6, 6.07) is 19.2. The van der Waals surface area contributed by atoms with Gasteiger partial charge in [0, 0.05) is 34.2 Å². The molecule has 0 saturated heterocycles. The zero-order valence-electron chi connectivity index (χ0n) is 13.4. The monoisotopic (exact) mass is 349 g/mol. The quantitative estimate of drug-likeness (QED) is 0.537. The fraction of sp³-hybridized carbons (Fsp3) is 0.0500. The van der Waals surface area contributed by atoms with Crippen LogP contribution in [-0.4, -0.2) is 9.38 Å². The lowest BCUT2D eigenvalue weighted by Gasteiger charge is -2.08. The molecule has 124 valence electrons. The molecule has 0 unspecified atom stereocenters. The van der Waals surface area contributed by atoms with Crippen molar-refractivity contribution in [3.05, 3.63) is 83.6 Å². The van der Waals surface area contributed by atoms with Crippen molar-refractivity contribution in [2.24, 2.45) is 0 Å². The second-order valence-electron chi connectivity index (χ2n) is 5.74. The van der Waals surface area contributed by atoms with E-state index in [1.807, 2.05) is 77.5 Å². The lowest BCUT2D eigenvalue weighted by molar-refractivity contribution is 0.308. The Morgan fingerprint density at radius 2 is 1.92 bits per heavy atom. The number of nitrogens with two attached hydrogens (primary N) is 1. The summed E-state index contributed by atoms with van der Waals surface area (Å²) in [5.74, 6) is 0.706. The number of ether oxygens (including phenoxy) is 1. The minimum Gasteiger partial charge on any atom is -0.485 e. The van der Waals surface area contributed by atoms with Crippen LogP contribution in [0.3, 0.4) is 0 Å². The Kier molecular flexibility index (Phi) is 4.04. The van der Waals surface area contributed by atoms with E-state index in [2.05, 4.69) is 0 Å². The van der Waals surface area contributed by atoms with E-state index < -0.39 is 0 Å². The maximum absolute atomic E-state index is 6.20. The van der Waals surface area contributed by atoms with Gasteiger partial charge in [0.2, 0.25) is 0 Å². The molecule has 25 heavy (non-hydrogen) atoms. The summed E-state index contributed by atoms with van der Waals surface area (Å²) in [5.41, 5.74) is 10.1. The van der Waals surface area contributed by atoms with Crippen LogP contribution in [0.15, 0.2) is 73.1 Å². The number of hydrogen-bond donors (Lipinski definition) is 1. The van der Waals surface area contributed by atoms with E-state index in [4.69, 9.17) is 27.1 Å². The van der Waals surface area contributed by atoms with Crippen molar-refractivity contribution in [3.63, 3.8) is 0 Å². The molecule has 2 N–H and O–H groups in total. The Hall–Kier alpha value is -2.98. The van der Waals surface area contributed by atoms with Crippen molar-refractivity contribution in [1.82, 2.24) is 9.38 Å². The standard InChI is InChI=1S/C20H16ClN3O/c21-17-8-2-1-5-15(17)13-25-19-9-4-10-24-12-18(23-20(19)24)14-6-3-7-16(22)11-14/h1-12H,13,22H2. The summed E-state index contributed by atoms with van der Waals surface area (Å²) < 4.78 is 7.91. The number of nitrogens with zero attached hydrogens (tertiary/aromatic N) is 2. The van der Waals surface area contributed by atoms with Crippen molar-refractivity contribution in [3.8, 4) is 17.0 Å². The van der Waals surface area contributed by atoms with Crippen LogP contribution < -0.4 is 10.5 Å². The van der Waals surface area contributed by atoms with Crippen molar-refractivity contribution in [1.29, 1.82) is 0 Å². The van der Waals surface area contributed by atoms with E-state index in [-0.39, 0.29) is 0 Å². The average molecular weight is 350 g/mol. The number of hydrogen-bond acceptors (Lipinski definition) is 3. The lowest BCUT2D eigenvalue weighted by Crippen LogP contribution is -1.98. The first-order chi connectivity index (χ1) is 12.2. The van der Waals surface area contributed by atoms with Crippen LogP contribution in [0.25, 0.3) is 16.9 Å². The SMILES string of the molecule is Nc1cccc(-c2cn3cccc(OCc4ccccc4Cl)c3n2)c1. The molecule has 0 radical (unpaired) electrons. The van der Waals surface area contributed by atoms with Gasteiger partial charge < -0.3 is 14.9 Å². The van der Waals surface area contributed by atoms with E-state index in [1.54, 1.807) is 0 Å². The van der Waals surface area contributed by atoms with Crippen LogP contribution in [-0.2, 0) is 6.61 Å². The lowest BCUT2D eigenvalue weighted by atomic mass is 10.1. The third kappa shape index (κ3) is 3.16.